The molecule has 0 amide bonds. The predicted octanol–water partition coefficient (Wildman–Crippen LogP) is 4.11. The Bertz CT molecular complexity index is 642. The highest BCUT2D eigenvalue weighted by Gasteiger charge is 2.16. The number of nitrogens with one attached hydrogen (secondary N) is 1. The van der Waals surface area contributed by atoms with Crippen LogP contribution < -0.4 is 11.1 Å². The Morgan fingerprint density at radius 1 is 1.20 bits per heavy atom. The Morgan fingerprint density at radius 2 is 1.85 bits per heavy atom. The highest BCUT2D eigenvalue weighted by molar-refractivity contribution is 6.34. The average Bonchev–Trinajstić information content (AvgIpc) is 2.42. The SMILES string of the molecule is COC(=O)c1cc(N)cc(Cl)c1Nc1ccc(Cl)cc1. The Morgan fingerprint density at radius 3 is 2.45 bits per heavy atom. The van der Waals surface area contributed by atoms with Crippen LogP contribution >= 0.6 is 23.2 Å². The first kappa shape index (κ1) is 14.5. The summed E-state index contributed by atoms with van der Waals surface area (Å²) in [5.74, 6) is -0.518. The summed E-state index contributed by atoms with van der Waals surface area (Å²) in [6, 6.07) is 10.1. The zero-order valence-corrected chi connectivity index (χ0v) is 12.1. The maximum Gasteiger partial charge on any atom is 0.340 e. The second-order valence-corrected chi connectivity index (χ2v) is 4.89. The number of nitrogens with two attached hydrogens (primary N) is 1. The standard InChI is InChI=1S/C14H12Cl2N2O2/c1-20-14(19)11-6-9(17)7-12(16)13(11)18-10-4-2-8(15)3-5-10/h2-7,18H,17H2,1H3. The largest absolute Gasteiger partial charge is 0.465 e. The van der Waals surface area contributed by atoms with Crippen LogP contribution in [0, 0.1) is 0 Å². The van der Waals surface area contributed by atoms with Gasteiger partial charge >= 0.3 is 5.97 Å². The molecule has 0 heterocycles. The van der Waals surface area contributed by atoms with Crippen LogP contribution in [0.25, 0.3) is 0 Å². The molecule has 2 rings (SSSR count). The van der Waals surface area contributed by atoms with E-state index in [1.165, 1.54) is 13.2 Å². The average molecular weight is 311 g/mol. The van der Waals surface area contributed by atoms with Gasteiger partial charge in [-0.05, 0) is 36.4 Å². The first-order valence-electron chi connectivity index (χ1n) is 5.71. The quantitative estimate of drug-likeness (QED) is 0.661. The minimum absolute atomic E-state index is 0.271. The van der Waals surface area contributed by atoms with Crippen LogP contribution in [-0.4, -0.2) is 13.1 Å². The molecule has 0 saturated carbocycles. The van der Waals surface area contributed by atoms with E-state index in [1.54, 1.807) is 30.3 Å². The number of methoxy groups -OCH3 is 1. The van der Waals surface area contributed by atoms with Crippen molar-refractivity contribution < 1.29 is 9.53 Å². The summed E-state index contributed by atoms with van der Waals surface area (Å²) in [5, 5.41) is 4.01. The fourth-order valence-electron chi connectivity index (χ4n) is 1.70. The molecule has 2 aromatic rings. The van der Waals surface area contributed by atoms with Crippen molar-refractivity contribution in [3.63, 3.8) is 0 Å². The number of hydrogen-bond donors (Lipinski definition) is 2. The number of ether oxygens (including phenoxy) is 1. The fourth-order valence-corrected chi connectivity index (χ4v) is 2.10. The monoisotopic (exact) mass is 310 g/mol. The normalized spacial score (nSPS) is 10.2. The highest BCUT2D eigenvalue weighted by atomic mass is 35.5. The van der Waals surface area contributed by atoms with Gasteiger partial charge in [0.15, 0.2) is 0 Å². The van der Waals surface area contributed by atoms with Crippen molar-refractivity contribution in [3.8, 4) is 0 Å². The molecular formula is C14H12Cl2N2O2. The van der Waals surface area contributed by atoms with Gasteiger partial charge in [0.25, 0.3) is 0 Å². The van der Waals surface area contributed by atoms with Gasteiger partial charge < -0.3 is 15.8 Å². The summed E-state index contributed by atoms with van der Waals surface area (Å²) in [7, 11) is 1.30. The molecule has 0 aromatic heterocycles. The van der Waals surface area contributed by atoms with Gasteiger partial charge in [0, 0.05) is 16.4 Å². The molecule has 0 aliphatic heterocycles. The van der Waals surface area contributed by atoms with Crippen LogP contribution in [0.2, 0.25) is 10.0 Å². The van der Waals surface area contributed by atoms with Crippen LogP contribution in [0.1, 0.15) is 10.4 Å². The van der Waals surface area contributed by atoms with Gasteiger partial charge in [-0.2, -0.15) is 0 Å². The third kappa shape index (κ3) is 3.15. The molecule has 6 heteroatoms. The number of benzene rings is 2. The summed E-state index contributed by atoms with van der Waals surface area (Å²) >= 11 is 12.0. The van der Waals surface area contributed by atoms with E-state index in [4.69, 9.17) is 33.7 Å². The molecule has 0 atom stereocenters. The van der Waals surface area contributed by atoms with E-state index >= 15 is 0 Å². The molecule has 4 nitrogen and oxygen atoms in total. The third-order valence-electron chi connectivity index (χ3n) is 2.63. The zero-order valence-electron chi connectivity index (χ0n) is 10.6. The Hall–Kier alpha value is -1.91. The minimum Gasteiger partial charge on any atom is -0.465 e. The Balaban J connectivity index is 2.44. The van der Waals surface area contributed by atoms with Crippen LogP contribution in [0.5, 0.6) is 0 Å². The lowest BCUT2D eigenvalue weighted by Gasteiger charge is -2.13. The number of anilines is 3. The summed E-state index contributed by atoms with van der Waals surface area (Å²) < 4.78 is 4.73. The van der Waals surface area contributed by atoms with E-state index in [2.05, 4.69) is 5.32 Å². The fraction of sp³-hybridized carbons (Fsp3) is 0.0714. The van der Waals surface area contributed by atoms with Crippen LogP contribution in [0.15, 0.2) is 36.4 Å². The van der Waals surface area contributed by atoms with E-state index in [0.717, 1.165) is 5.69 Å². The molecule has 0 bridgehead atoms. The third-order valence-corrected chi connectivity index (χ3v) is 3.18. The second-order valence-electron chi connectivity index (χ2n) is 4.05. The molecule has 0 aliphatic rings. The second kappa shape index (κ2) is 6.03. The predicted molar refractivity (Wildman–Crippen MR) is 81.9 cm³/mol. The van der Waals surface area contributed by atoms with Crippen molar-refractivity contribution in [1.82, 2.24) is 0 Å². The van der Waals surface area contributed by atoms with Gasteiger partial charge in [-0.25, -0.2) is 4.79 Å². The number of halogens is 2. The lowest BCUT2D eigenvalue weighted by molar-refractivity contribution is 0.0602. The van der Waals surface area contributed by atoms with Crippen LogP contribution in [0.4, 0.5) is 17.1 Å². The van der Waals surface area contributed by atoms with Crippen molar-refractivity contribution in [2.75, 3.05) is 18.2 Å². The van der Waals surface area contributed by atoms with Crippen molar-refractivity contribution in [2.45, 2.75) is 0 Å². The molecular weight excluding hydrogens is 299 g/mol. The molecule has 0 fully saturated rings. The van der Waals surface area contributed by atoms with Crippen LogP contribution in [-0.2, 0) is 4.74 Å². The molecule has 0 radical (unpaired) electrons. The van der Waals surface area contributed by atoms with Crippen molar-refractivity contribution in [1.29, 1.82) is 0 Å². The van der Waals surface area contributed by atoms with E-state index in [1.807, 2.05) is 0 Å². The van der Waals surface area contributed by atoms with Gasteiger partial charge in [-0.1, -0.05) is 23.2 Å². The molecule has 2 aromatic carbocycles. The molecule has 0 unspecified atom stereocenters. The van der Waals surface area contributed by atoms with E-state index in [-0.39, 0.29) is 5.56 Å². The van der Waals surface area contributed by atoms with Crippen molar-refractivity contribution >= 4 is 46.2 Å². The molecule has 104 valence electrons. The maximum atomic E-state index is 11.8. The molecule has 20 heavy (non-hydrogen) atoms. The maximum absolute atomic E-state index is 11.8. The van der Waals surface area contributed by atoms with Gasteiger partial charge in [0.2, 0.25) is 0 Å². The van der Waals surface area contributed by atoms with Gasteiger partial charge in [0.05, 0.1) is 23.4 Å². The van der Waals surface area contributed by atoms with Crippen molar-refractivity contribution in [3.05, 3.63) is 52.0 Å². The van der Waals surface area contributed by atoms with Gasteiger partial charge in [-0.3, -0.25) is 0 Å². The smallest absolute Gasteiger partial charge is 0.340 e. The lowest BCUT2D eigenvalue weighted by atomic mass is 10.1. The van der Waals surface area contributed by atoms with Gasteiger partial charge in [0.1, 0.15) is 0 Å². The first-order chi connectivity index (χ1) is 9.51. The summed E-state index contributed by atoms with van der Waals surface area (Å²) in [6.07, 6.45) is 0. The van der Waals surface area contributed by atoms with E-state index < -0.39 is 5.97 Å². The van der Waals surface area contributed by atoms with E-state index in [9.17, 15) is 4.79 Å². The Kier molecular flexibility index (Phi) is 4.37. The number of carbonyl (C=O) groups is 1. The topological polar surface area (TPSA) is 64.3 Å². The number of hydrogen-bond acceptors (Lipinski definition) is 4. The number of esters is 1. The van der Waals surface area contributed by atoms with E-state index in [0.29, 0.717) is 21.4 Å². The van der Waals surface area contributed by atoms with Gasteiger partial charge in [-0.15, -0.1) is 0 Å². The minimum atomic E-state index is -0.518. The zero-order chi connectivity index (χ0) is 14.7. The lowest BCUT2D eigenvalue weighted by Crippen LogP contribution is -2.07. The molecule has 0 spiro atoms. The summed E-state index contributed by atoms with van der Waals surface area (Å²) in [6.45, 7) is 0. The molecule has 0 aliphatic carbocycles. The number of nitrogen functional groups attached to an aromatic ring is 1. The van der Waals surface area contributed by atoms with Crippen LogP contribution in [0.3, 0.4) is 0 Å². The number of carbonyl (C=O) groups excluding carboxylic acids is 1. The molecule has 0 saturated heterocycles. The van der Waals surface area contributed by atoms with Crippen molar-refractivity contribution in [2.24, 2.45) is 0 Å². The number of rotatable bonds is 3. The highest BCUT2D eigenvalue weighted by Crippen LogP contribution is 2.32. The Labute approximate surface area is 126 Å². The molecule has 3 N–H and O–H groups in total. The summed E-state index contributed by atoms with van der Waals surface area (Å²) in [5.41, 5.74) is 7.54. The first-order valence-corrected chi connectivity index (χ1v) is 6.47. The summed E-state index contributed by atoms with van der Waals surface area (Å²) in [4.78, 5) is 11.8.